The second-order valence-electron chi connectivity index (χ2n) is 6.05. The molecule has 4 nitrogen and oxygen atoms in total. The van der Waals surface area contributed by atoms with Crippen molar-refractivity contribution in [2.24, 2.45) is 11.7 Å². The Kier molecular flexibility index (Phi) is 9.14. The predicted octanol–water partition coefficient (Wildman–Crippen LogP) is 1.97. The van der Waals surface area contributed by atoms with Crippen LogP contribution in [0.5, 0.6) is 0 Å². The summed E-state index contributed by atoms with van der Waals surface area (Å²) in [5.41, 5.74) is 6.65. The average Bonchev–Trinajstić information content (AvgIpc) is 2.50. The molecule has 1 aliphatic heterocycles. The molecule has 6 heteroatoms. The van der Waals surface area contributed by atoms with Gasteiger partial charge < -0.3 is 11.1 Å². The van der Waals surface area contributed by atoms with E-state index in [-0.39, 0.29) is 24.1 Å². The Labute approximate surface area is 144 Å². The van der Waals surface area contributed by atoms with Crippen LogP contribution in [-0.2, 0) is 11.2 Å². The van der Waals surface area contributed by atoms with E-state index in [0.717, 1.165) is 44.5 Å². The highest BCUT2D eigenvalue weighted by molar-refractivity contribution is 5.85. The van der Waals surface area contributed by atoms with Gasteiger partial charge in [0, 0.05) is 13.1 Å². The normalized spacial score (nSPS) is 18.3. The summed E-state index contributed by atoms with van der Waals surface area (Å²) in [5.74, 6) is 0.464. The third-order valence-electron chi connectivity index (χ3n) is 4.19. The largest absolute Gasteiger partial charge is 0.355 e. The Hall–Kier alpha value is -1.17. The van der Waals surface area contributed by atoms with Gasteiger partial charge in [-0.15, -0.1) is 12.4 Å². The maximum absolute atomic E-state index is 12.8. The number of hydrogen-bond donors (Lipinski definition) is 2. The predicted molar refractivity (Wildman–Crippen MR) is 93.2 cm³/mol. The third-order valence-corrected chi connectivity index (χ3v) is 4.19. The van der Waals surface area contributed by atoms with Gasteiger partial charge in [-0.25, -0.2) is 4.39 Å². The first-order chi connectivity index (χ1) is 10.7. The second-order valence-corrected chi connectivity index (χ2v) is 6.05. The third kappa shape index (κ3) is 7.29. The average molecular weight is 344 g/mol. The summed E-state index contributed by atoms with van der Waals surface area (Å²) in [6.07, 6.45) is 4.14. The number of likely N-dealkylation sites (tertiary alicyclic amines) is 1. The Morgan fingerprint density at radius 1 is 1.35 bits per heavy atom. The van der Waals surface area contributed by atoms with Crippen LogP contribution in [0.3, 0.4) is 0 Å². The molecule has 1 fully saturated rings. The van der Waals surface area contributed by atoms with E-state index in [2.05, 4.69) is 10.2 Å². The Bertz CT molecular complexity index is 467. The number of halogens is 2. The van der Waals surface area contributed by atoms with Gasteiger partial charge in [0.15, 0.2) is 0 Å². The maximum Gasteiger partial charge on any atom is 0.234 e. The number of nitrogens with one attached hydrogen (secondary N) is 1. The smallest absolute Gasteiger partial charge is 0.234 e. The van der Waals surface area contributed by atoms with Crippen molar-refractivity contribution >= 4 is 18.3 Å². The van der Waals surface area contributed by atoms with Crippen molar-refractivity contribution in [3.8, 4) is 0 Å². The minimum absolute atomic E-state index is 0. The topological polar surface area (TPSA) is 58.4 Å². The summed E-state index contributed by atoms with van der Waals surface area (Å²) >= 11 is 0. The molecule has 1 atom stereocenters. The Balaban J connectivity index is 0.00000264. The Morgan fingerprint density at radius 3 is 2.78 bits per heavy atom. The van der Waals surface area contributed by atoms with Crippen LogP contribution < -0.4 is 11.1 Å². The van der Waals surface area contributed by atoms with Gasteiger partial charge in [-0.3, -0.25) is 9.69 Å². The number of piperidine rings is 1. The first-order valence-electron chi connectivity index (χ1n) is 8.11. The van der Waals surface area contributed by atoms with Gasteiger partial charge in [-0.1, -0.05) is 12.1 Å². The van der Waals surface area contributed by atoms with Gasteiger partial charge in [0.1, 0.15) is 5.82 Å². The van der Waals surface area contributed by atoms with Gasteiger partial charge in [0.25, 0.3) is 0 Å². The highest BCUT2D eigenvalue weighted by Gasteiger charge is 2.20. The molecule has 2 rings (SSSR count). The zero-order valence-electron chi connectivity index (χ0n) is 13.5. The van der Waals surface area contributed by atoms with Crippen LogP contribution in [0.15, 0.2) is 24.3 Å². The van der Waals surface area contributed by atoms with Crippen molar-refractivity contribution in [3.63, 3.8) is 0 Å². The number of rotatable bonds is 7. The summed E-state index contributed by atoms with van der Waals surface area (Å²) in [6, 6.07) is 6.40. The summed E-state index contributed by atoms with van der Waals surface area (Å²) in [7, 11) is 0. The van der Waals surface area contributed by atoms with Gasteiger partial charge in [-0.05, 0) is 62.4 Å². The number of nitrogens with zero attached hydrogens (tertiary/aromatic N) is 1. The van der Waals surface area contributed by atoms with Crippen LogP contribution in [0.25, 0.3) is 0 Å². The maximum atomic E-state index is 12.8. The molecule has 0 bridgehead atoms. The lowest BCUT2D eigenvalue weighted by atomic mass is 9.95. The van der Waals surface area contributed by atoms with E-state index in [1.165, 1.54) is 18.6 Å². The lowest BCUT2D eigenvalue weighted by Crippen LogP contribution is -2.43. The van der Waals surface area contributed by atoms with Crippen LogP contribution in [0.2, 0.25) is 0 Å². The van der Waals surface area contributed by atoms with Gasteiger partial charge >= 0.3 is 0 Å². The van der Waals surface area contributed by atoms with E-state index < -0.39 is 0 Å². The zero-order valence-corrected chi connectivity index (χ0v) is 14.3. The molecule has 0 radical (unpaired) electrons. The minimum Gasteiger partial charge on any atom is -0.355 e. The number of nitrogens with two attached hydrogens (primary N) is 1. The lowest BCUT2D eigenvalue weighted by molar-refractivity contribution is -0.122. The second kappa shape index (κ2) is 10.6. The molecule has 1 aromatic rings. The Morgan fingerprint density at radius 2 is 2.09 bits per heavy atom. The van der Waals surface area contributed by atoms with Crippen molar-refractivity contribution < 1.29 is 9.18 Å². The first kappa shape index (κ1) is 19.9. The quantitative estimate of drug-likeness (QED) is 0.795. The fourth-order valence-electron chi connectivity index (χ4n) is 3.02. The first-order valence-corrected chi connectivity index (χ1v) is 8.11. The van der Waals surface area contributed by atoms with Gasteiger partial charge in [0.2, 0.25) is 5.91 Å². The van der Waals surface area contributed by atoms with Crippen LogP contribution in [0.4, 0.5) is 4.39 Å². The molecule has 0 saturated carbocycles. The summed E-state index contributed by atoms with van der Waals surface area (Å²) in [4.78, 5) is 14.2. The van der Waals surface area contributed by atoms with E-state index in [9.17, 15) is 9.18 Å². The van der Waals surface area contributed by atoms with Crippen molar-refractivity contribution in [1.29, 1.82) is 0 Å². The summed E-state index contributed by atoms with van der Waals surface area (Å²) in [6.45, 7) is 3.74. The molecule has 0 spiro atoms. The van der Waals surface area contributed by atoms with E-state index >= 15 is 0 Å². The van der Waals surface area contributed by atoms with Crippen molar-refractivity contribution in [2.45, 2.75) is 25.7 Å². The number of amides is 1. The lowest BCUT2D eigenvalue weighted by Gasteiger charge is -2.32. The highest BCUT2D eigenvalue weighted by Crippen LogP contribution is 2.18. The molecule has 1 amide bonds. The fraction of sp³-hybridized carbons (Fsp3) is 0.588. The van der Waals surface area contributed by atoms with Crippen LogP contribution in [0, 0.1) is 11.7 Å². The monoisotopic (exact) mass is 343 g/mol. The van der Waals surface area contributed by atoms with E-state index in [1.54, 1.807) is 12.1 Å². The SMILES string of the molecule is Cl.NCCC1CCCN(CC(=O)NCCc2ccc(F)cc2)C1. The molecule has 1 heterocycles. The van der Waals surface area contributed by atoms with E-state index in [4.69, 9.17) is 5.73 Å². The van der Waals surface area contributed by atoms with Gasteiger partial charge in [0.05, 0.1) is 6.54 Å². The van der Waals surface area contributed by atoms with Crippen LogP contribution in [-0.4, -0.2) is 43.5 Å². The van der Waals surface area contributed by atoms with Gasteiger partial charge in [-0.2, -0.15) is 0 Å². The molecule has 0 aliphatic carbocycles. The molecular formula is C17H27ClFN3O. The molecule has 1 aromatic carbocycles. The molecule has 1 saturated heterocycles. The molecule has 1 unspecified atom stereocenters. The highest BCUT2D eigenvalue weighted by atomic mass is 35.5. The number of hydrogen-bond acceptors (Lipinski definition) is 3. The number of carbonyl (C=O) groups excluding carboxylic acids is 1. The van der Waals surface area contributed by atoms with Crippen LogP contribution >= 0.6 is 12.4 Å². The van der Waals surface area contributed by atoms with E-state index in [0.29, 0.717) is 19.0 Å². The van der Waals surface area contributed by atoms with Crippen molar-refractivity contribution in [3.05, 3.63) is 35.6 Å². The zero-order chi connectivity index (χ0) is 15.8. The molecule has 130 valence electrons. The summed E-state index contributed by atoms with van der Waals surface area (Å²) in [5, 5.41) is 2.94. The number of benzene rings is 1. The molecule has 3 N–H and O–H groups in total. The van der Waals surface area contributed by atoms with Crippen molar-refractivity contribution in [2.75, 3.05) is 32.7 Å². The van der Waals surface area contributed by atoms with Crippen molar-refractivity contribution in [1.82, 2.24) is 10.2 Å². The summed E-state index contributed by atoms with van der Waals surface area (Å²) < 4.78 is 12.8. The number of carbonyl (C=O) groups is 1. The standard InChI is InChI=1S/C17H26FN3O.ClH/c18-16-5-3-14(4-6-16)8-10-20-17(22)13-21-11-1-2-15(12-21)7-9-19;/h3-6,15H,1-2,7-13,19H2,(H,20,22);1H. The minimum atomic E-state index is -0.232. The molecule has 23 heavy (non-hydrogen) atoms. The molecule has 0 aromatic heterocycles. The fourth-order valence-corrected chi connectivity index (χ4v) is 3.02. The van der Waals surface area contributed by atoms with E-state index in [1.807, 2.05) is 0 Å². The van der Waals surface area contributed by atoms with Crippen LogP contribution in [0.1, 0.15) is 24.8 Å². The molecular weight excluding hydrogens is 317 g/mol. The molecule has 1 aliphatic rings.